The van der Waals surface area contributed by atoms with Gasteiger partial charge in [0, 0.05) is 11.6 Å². The lowest BCUT2D eigenvalue weighted by Gasteiger charge is -2.38. The maximum Gasteiger partial charge on any atom is 0.241 e. The van der Waals surface area contributed by atoms with Gasteiger partial charge in [-0.25, -0.2) is 13.1 Å². The molecule has 0 spiro atoms. The molecule has 0 saturated heterocycles. The Morgan fingerprint density at radius 1 is 1.42 bits per heavy atom. The highest BCUT2D eigenvalue weighted by molar-refractivity contribution is 7.89. The first-order valence-electron chi connectivity index (χ1n) is 6.76. The van der Waals surface area contributed by atoms with E-state index in [1.54, 1.807) is 18.2 Å². The number of sulfonamides is 1. The molecule has 4 nitrogen and oxygen atoms in total. The Kier molecular flexibility index (Phi) is 3.99. The monoisotopic (exact) mass is 282 g/mol. The lowest BCUT2D eigenvalue weighted by atomic mass is 9.80. The molecule has 1 aliphatic carbocycles. The van der Waals surface area contributed by atoms with Crippen molar-refractivity contribution in [3.05, 3.63) is 29.8 Å². The van der Waals surface area contributed by atoms with E-state index in [4.69, 9.17) is 5.73 Å². The van der Waals surface area contributed by atoms with Crippen LogP contribution in [0.5, 0.6) is 0 Å². The second-order valence-corrected chi connectivity index (χ2v) is 7.29. The van der Waals surface area contributed by atoms with Crippen LogP contribution in [0.3, 0.4) is 0 Å². The normalized spacial score (nSPS) is 19.7. The van der Waals surface area contributed by atoms with Crippen LogP contribution < -0.4 is 10.5 Å². The number of hydrogen-bond donors (Lipinski definition) is 2. The zero-order valence-electron chi connectivity index (χ0n) is 11.5. The summed E-state index contributed by atoms with van der Waals surface area (Å²) < 4.78 is 27.5. The summed E-state index contributed by atoms with van der Waals surface area (Å²) in [5.41, 5.74) is 6.54. The molecule has 2 rings (SSSR count). The van der Waals surface area contributed by atoms with Gasteiger partial charge in [-0.1, -0.05) is 19.1 Å². The number of nitrogens with one attached hydrogen (secondary N) is 1. The lowest BCUT2D eigenvalue weighted by Crippen LogP contribution is -2.50. The zero-order valence-corrected chi connectivity index (χ0v) is 12.3. The topological polar surface area (TPSA) is 72.2 Å². The molecule has 1 saturated carbocycles. The van der Waals surface area contributed by atoms with Crippen molar-refractivity contribution in [3.8, 4) is 0 Å². The minimum Gasteiger partial charge on any atom is -0.324 e. The second-order valence-electron chi connectivity index (χ2n) is 5.61. The molecule has 1 aromatic carbocycles. The zero-order chi connectivity index (χ0) is 14.1. The number of nitrogens with two attached hydrogens (primary N) is 1. The molecule has 106 valence electrons. The summed E-state index contributed by atoms with van der Waals surface area (Å²) in [6, 6.07) is 6.81. The summed E-state index contributed by atoms with van der Waals surface area (Å²) in [5.74, 6) is 0. The Labute approximate surface area is 115 Å². The van der Waals surface area contributed by atoms with E-state index in [-0.39, 0.29) is 11.6 Å². The molecule has 1 unspecified atom stereocenters. The highest BCUT2D eigenvalue weighted by atomic mass is 32.2. The van der Waals surface area contributed by atoms with Gasteiger partial charge in [0.15, 0.2) is 0 Å². The average molecular weight is 282 g/mol. The van der Waals surface area contributed by atoms with Crippen molar-refractivity contribution in [1.82, 2.24) is 4.72 Å². The number of benzene rings is 1. The molecule has 0 heterocycles. The van der Waals surface area contributed by atoms with Crippen LogP contribution in [0, 0.1) is 0 Å². The fraction of sp³-hybridized carbons (Fsp3) is 0.571. The predicted octanol–water partition coefficient (Wildman–Crippen LogP) is 2.32. The number of hydrogen-bond acceptors (Lipinski definition) is 3. The van der Waals surface area contributed by atoms with Crippen LogP contribution in [0.4, 0.5) is 0 Å². The SMILES string of the molecule is CCC(N)c1cccc(S(=O)(=O)NC2(C)CCC2)c1. The van der Waals surface area contributed by atoms with Crippen LogP contribution in [0.25, 0.3) is 0 Å². The van der Waals surface area contributed by atoms with Crippen molar-refractivity contribution < 1.29 is 8.42 Å². The highest BCUT2D eigenvalue weighted by Crippen LogP contribution is 2.32. The minimum atomic E-state index is -3.45. The molecule has 1 aromatic rings. The van der Waals surface area contributed by atoms with Gasteiger partial charge in [0.2, 0.25) is 10.0 Å². The van der Waals surface area contributed by atoms with Gasteiger partial charge in [-0.15, -0.1) is 0 Å². The molecule has 0 amide bonds. The third-order valence-corrected chi connectivity index (χ3v) is 5.51. The molecular weight excluding hydrogens is 260 g/mol. The maximum atomic E-state index is 12.4. The van der Waals surface area contributed by atoms with Crippen LogP contribution in [0.15, 0.2) is 29.2 Å². The minimum absolute atomic E-state index is 0.116. The first kappa shape index (κ1) is 14.5. The van der Waals surface area contributed by atoms with Crippen molar-refractivity contribution in [2.24, 2.45) is 5.73 Å². The van der Waals surface area contributed by atoms with Crippen molar-refractivity contribution >= 4 is 10.0 Å². The van der Waals surface area contributed by atoms with Gasteiger partial charge in [0.25, 0.3) is 0 Å². The number of rotatable bonds is 5. The van der Waals surface area contributed by atoms with Crippen LogP contribution in [0.2, 0.25) is 0 Å². The second kappa shape index (κ2) is 5.23. The van der Waals surface area contributed by atoms with Crippen molar-refractivity contribution in [3.63, 3.8) is 0 Å². The van der Waals surface area contributed by atoms with Crippen LogP contribution >= 0.6 is 0 Å². The fourth-order valence-corrected chi connectivity index (χ4v) is 3.86. The van der Waals surface area contributed by atoms with E-state index in [9.17, 15) is 8.42 Å². The smallest absolute Gasteiger partial charge is 0.241 e. The molecule has 0 aliphatic heterocycles. The highest BCUT2D eigenvalue weighted by Gasteiger charge is 2.36. The lowest BCUT2D eigenvalue weighted by molar-refractivity contribution is 0.248. The Hall–Kier alpha value is -0.910. The predicted molar refractivity (Wildman–Crippen MR) is 76.2 cm³/mol. The standard InChI is InChI=1S/C14H22N2O2S/c1-3-13(15)11-6-4-7-12(10-11)19(17,18)16-14(2)8-5-9-14/h4,6-7,10,13,16H,3,5,8-9,15H2,1-2H3. The van der Waals surface area contributed by atoms with Gasteiger partial charge in [-0.05, 0) is 50.3 Å². The summed E-state index contributed by atoms with van der Waals surface area (Å²) in [6.07, 6.45) is 3.68. The molecule has 1 fully saturated rings. The largest absolute Gasteiger partial charge is 0.324 e. The van der Waals surface area contributed by atoms with Gasteiger partial charge < -0.3 is 5.73 Å². The molecule has 5 heteroatoms. The van der Waals surface area contributed by atoms with E-state index < -0.39 is 10.0 Å². The van der Waals surface area contributed by atoms with Gasteiger partial charge in [0.1, 0.15) is 0 Å². The summed E-state index contributed by atoms with van der Waals surface area (Å²) in [5, 5.41) is 0. The molecule has 0 bridgehead atoms. The molecule has 0 radical (unpaired) electrons. The fourth-order valence-electron chi connectivity index (χ4n) is 2.34. The van der Waals surface area contributed by atoms with Gasteiger partial charge in [0.05, 0.1) is 4.90 Å². The van der Waals surface area contributed by atoms with E-state index in [2.05, 4.69) is 4.72 Å². The molecule has 1 aliphatic rings. The van der Waals surface area contributed by atoms with E-state index in [1.165, 1.54) is 0 Å². The van der Waals surface area contributed by atoms with Crippen molar-refractivity contribution in [1.29, 1.82) is 0 Å². The van der Waals surface area contributed by atoms with Gasteiger partial charge in [-0.2, -0.15) is 0 Å². The Morgan fingerprint density at radius 3 is 2.63 bits per heavy atom. The van der Waals surface area contributed by atoms with E-state index in [1.807, 2.05) is 19.9 Å². The summed E-state index contributed by atoms with van der Waals surface area (Å²) in [4.78, 5) is 0.307. The molecular formula is C14H22N2O2S. The maximum absolute atomic E-state index is 12.4. The van der Waals surface area contributed by atoms with Crippen LogP contribution in [-0.4, -0.2) is 14.0 Å². The van der Waals surface area contributed by atoms with Crippen molar-refractivity contribution in [2.45, 2.75) is 56.0 Å². The molecule has 1 atom stereocenters. The van der Waals surface area contributed by atoms with E-state index in [0.717, 1.165) is 31.2 Å². The third kappa shape index (κ3) is 3.16. The Morgan fingerprint density at radius 2 is 2.11 bits per heavy atom. The third-order valence-electron chi connectivity index (χ3n) is 3.87. The van der Waals surface area contributed by atoms with Crippen LogP contribution in [-0.2, 0) is 10.0 Å². The van der Waals surface area contributed by atoms with Gasteiger partial charge in [-0.3, -0.25) is 0 Å². The molecule has 19 heavy (non-hydrogen) atoms. The summed E-state index contributed by atoms with van der Waals surface area (Å²) >= 11 is 0. The van der Waals surface area contributed by atoms with E-state index >= 15 is 0 Å². The Balaban J connectivity index is 2.25. The van der Waals surface area contributed by atoms with E-state index in [0.29, 0.717) is 4.90 Å². The summed E-state index contributed by atoms with van der Waals surface area (Å²) in [7, 11) is -3.45. The quantitative estimate of drug-likeness (QED) is 0.870. The average Bonchev–Trinajstić information content (AvgIpc) is 2.35. The van der Waals surface area contributed by atoms with Crippen LogP contribution in [0.1, 0.15) is 51.1 Å². The first-order chi connectivity index (χ1) is 8.86. The summed E-state index contributed by atoms with van der Waals surface area (Å²) in [6.45, 7) is 3.94. The Bertz CT molecular complexity index is 550. The van der Waals surface area contributed by atoms with Crippen molar-refractivity contribution in [2.75, 3.05) is 0 Å². The molecule has 0 aromatic heterocycles. The van der Waals surface area contributed by atoms with Gasteiger partial charge >= 0.3 is 0 Å². The first-order valence-corrected chi connectivity index (χ1v) is 8.24. The molecule has 3 N–H and O–H groups in total.